The van der Waals surface area contributed by atoms with Crippen LogP contribution in [0.4, 0.5) is 0 Å². The lowest BCUT2D eigenvalue weighted by Crippen LogP contribution is -2.33. The number of carbonyl (C=O) groups is 1. The number of nitrogens with one attached hydrogen (secondary N) is 1. The minimum Gasteiger partial charge on any atom is -0.497 e. The first-order chi connectivity index (χ1) is 15.6. The Hall–Kier alpha value is -4.40. The Balaban J connectivity index is 1.47. The molecule has 0 unspecified atom stereocenters. The molecule has 0 aliphatic heterocycles. The van der Waals surface area contributed by atoms with Crippen molar-refractivity contribution >= 4 is 22.6 Å². The van der Waals surface area contributed by atoms with Crippen molar-refractivity contribution in [2.75, 3.05) is 7.11 Å². The molecule has 1 amide bonds. The van der Waals surface area contributed by atoms with Crippen LogP contribution in [0.15, 0.2) is 76.3 Å². The zero-order valence-corrected chi connectivity index (χ0v) is 17.2. The van der Waals surface area contributed by atoms with Gasteiger partial charge in [0.25, 0.3) is 5.56 Å². The third-order valence-electron chi connectivity index (χ3n) is 5.16. The molecule has 4 heterocycles. The molecule has 1 N–H and O–H groups in total. The van der Waals surface area contributed by atoms with E-state index in [0.717, 1.165) is 11.3 Å². The number of fused-ring (bicyclic) bond motifs is 3. The molecule has 0 radical (unpaired) electrons. The number of carbonyl (C=O) groups excluding carboxylic acids is 1. The van der Waals surface area contributed by atoms with Crippen molar-refractivity contribution in [3.63, 3.8) is 0 Å². The Kier molecular flexibility index (Phi) is 4.91. The van der Waals surface area contributed by atoms with Crippen LogP contribution in [0.2, 0.25) is 0 Å². The third kappa shape index (κ3) is 3.49. The molecule has 0 bridgehead atoms. The number of hydrogen-bond acceptors (Lipinski definition) is 6. The summed E-state index contributed by atoms with van der Waals surface area (Å²) >= 11 is 0. The molecule has 32 heavy (non-hydrogen) atoms. The van der Waals surface area contributed by atoms with E-state index in [-0.39, 0.29) is 18.0 Å². The summed E-state index contributed by atoms with van der Waals surface area (Å²) in [4.78, 5) is 30.3. The molecule has 0 aliphatic carbocycles. The second-order valence-corrected chi connectivity index (χ2v) is 7.17. The summed E-state index contributed by atoms with van der Waals surface area (Å²) in [5, 5.41) is 7.35. The number of furan rings is 1. The summed E-state index contributed by atoms with van der Waals surface area (Å²) in [5.41, 5.74) is 2.40. The summed E-state index contributed by atoms with van der Waals surface area (Å²) in [6.07, 6.45) is 3.16. The van der Waals surface area contributed by atoms with Gasteiger partial charge in [-0.2, -0.15) is 5.10 Å². The van der Waals surface area contributed by atoms with Crippen molar-refractivity contribution in [2.45, 2.75) is 13.1 Å². The normalized spacial score (nSPS) is 11.2. The van der Waals surface area contributed by atoms with Crippen molar-refractivity contribution in [3.05, 3.63) is 83.0 Å². The molecule has 4 aromatic heterocycles. The fourth-order valence-corrected chi connectivity index (χ4v) is 3.55. The molecule has 9 nitrogen and oxygen atoms in total. The number of amides is 1. The van der Waals surface area contributed by atoms with Crippen LogP contribution in [0, 0.1) is 0 Å². The van der Waals surface area contributed by atoms with E-state index in [2.05, 4.69) is 15.4 Å². The molecule has 5 aromatic rings. The summed E-state index contributed by atoms with van der Waals surface area (Å²) in [6, 6.07) is 16.0. The summed E-state index contributed by atoms with van der Waals surface area (Å²) < 4.78 is 13.5. The summed E-state index contributed by atoms with van der Waals surface area (Å²) in [5.74, 6) is 0.998. The van der Waals surface area contributed by atoms with E-state index in [1.807, 2.05) is 24.3 Å². The highest BCUT2D eigenvalue weighted by Crippen LogP contribution is 2.21. The van der Waals surface area contributed by atoms with Gasteiger partial charge in [-0.1, -0.05) is 12.1 Å². The molecule has 0 atom stereocenters. The van der Waals surface area contributed by atoms with E-state index < -0.39 is 0 Å². The first-order valence-corrected chi connectivity index (χ1v) is 9.95. The predicted molar refractivity (Wildman–Crippen MR) is 117 cm³/mol. The van der Waals surface area contributed by atoms with Gasteiger partial charge in [0, 0.05) is 18.8 Å². The van der Waals surface area contributed by atoms with E-state index in [9.17, 15) is 9.59 Å². The fraction of sp³-hybridized carbons (Fsp3) is 0.130. The van der Waals surface area contributed by atoms with Gasteiger partial charge in [0.2, 0.25) is 5.91 Å². The van der Waals surface area contributed by atoms with Gasteiger partial charge in [0.1, 0.15) is 23.5 Å². The molecular formula is C23H19N5O4. The number of ether oxygens (including phenoxy) is 1. The van der Waals surface area contributed by atoms with Gasteiger partial charge in [0.05, 0.1) is 18.9 Å². The quantitative estimate of drug-likeness (QED) is 0.445. The topological polar surface area (TPSA) is 104 Å². The average Bonchev–Trinajstić information content (AvgIpc) is 3.51. The molecule has 5 rings (SSSR count). The molecule has 0 saturated carbocycles. The number of methoxy groups -OCH3 is 1. The Morgan fingerprint density at radius 2 is 1.97 bits per heavy atom. The van der Waals surface area contributed by atoms with Crippen molar-refractivity contribution in [3.8, 4) is 17.2 Å². The largest absolute Gasteiger partial charge is 0.497 e. The van der Waals surface area contributed by atoms with Crippen LogP contribution in [0.3, 0.4) is 0 Å². The molecule has 0 fully saturated rings. The molecular weight excluding hydrogens is 410 g/mol. The zero-order valence-electron chi connectivity index (χ0n) is 17.2. The van der Waals surface area contributed by atoms with Crippen LogP contribution in [0.25, 0.3) is 28.1 Å². The van der Waals surface area contributed by atoms with Crippen LogP contribution in [0.5, 0.6) is 5.75 Å². The highest BCUT2D eigenvalue weighted by Gasteiger charge is 2.17. The smallest absolute Gasteiger partial charge is 0.277 e. The van der Waals surface area contributed by atoms with Crippen LogP contribution in [-0.2, 0) is 17.9 Å². The number of rotatable bonds is 6. The Morgan fingerprint density at radius 1 is 1.12 bits per heavy atom. The Labute approximate surface area is 181 Å². The summed E-state index contributed by atoms with van der Waals surface area (Å²) in [7, 11) is 1.60. The first kappa shape index (κ1) is 19.6. The van der Waals surface area contributed by atoms with E-state index in [1.54, 1.807) is 49.9 Å². The maximum absolute atomic E-state index is 13.3. The lowest BCUT2D eigenvalue weighted by molar-refractivity contribution is -0.121. The predicted octanol–water partition coefficient (Wildman–Crippen LogP) is 2.63. The van der Waals surface area contributed by atoms with Gasteiger partial charge in [-0.25, -0.2) is 9.50 Å². The van der Waals surface area contributed by atoms with E-state index >= 15 is 0 Å². The SMILES string of the molecule is COc1ccc(CNC(=O)Cn2c(=O)c3cc(-c4ccco4)nn3c3ncccc32)cc1. The fourth-order valence-electron chi connectivity index (χ4n) is 3.55. The van der Waals surface area contributed by atoms with Gasteiger partial charge in [-0.15, -0.1) is 0 Å². The zero-order chi connectivity index (χ0) is 22.1. The highest BCUT2D eigenvalue weighted by atomic mass is 16.5. The second-order valence-electron chi connectivity index (χ2n) is 7.17. The van der Waals surface area contributed by atoms with Crippen molar-refractivity contribution in [1.82, 2.24) is 24.5 Å². The number of nitrogens with zero attached hydrogens (tertiary/aromatic N) is 4. The number of hydrogen-bond donors (Lipinski definition) is 1. The van der Waals surface area contributed by atoms with Crippen LogP contribution < -0.4 is 15.6 Å². The van der Waals surface area contributed by atoms with E-state index in [0.29, 0.717) is 34.7 Å². The molecule has 1 aromatic carbocycles. The average molecular weight is 429 g/mol. The standard InChI is InChI=1S/C23H19N5O4/c1-31-16-8-6-15(7-9-16)13-25-21(29)14-27-18-4-2-10-24-22(18)28-19(23(27)30)12-17(26-28)20-5-3-11-32-20/h2-12H,13-14H2,1H3,(H,25,29). The number of pyridine rings is 1. The van der Waals surface area contributed by atoms with Gasteiger partial charge < -0.3 is 14.5 Å². The maximum atomic E-state index is 13.3. The van der Waals surface area contributed by atoms with E-state index in [1.165, 1.54) is 9.08 Å². The van der Waals surface area contributed by atoms with Gasteiger partial charge in [-0.3, -0.25) is 14.2 Å². The van der Waals surface area contributed by atoms with Gasteiger partial charge in [-0.05, 0) is 42.0 Å². The van der Waals surface area contributed by atoms with Gasteiger partial charge >= 0.3 is 0 Å². The van der Waals surface area contributed by atoms with E-state index in [4.69, 9.17) is 9.15 Å². The van der Waals surface area contributed by atoms with Crippen molar-refractivity contribution < 1.29 is 13.9 Å². The second kappa shape index (κ2) is 8.03. The maximum Gasteiger partial charge on any atom is 0.277 e. The number of benzene rings is 1. The lowest BCUT2D eigenvalue weighted by atomic mass is 10.2. The third-order valence-corrected chi connectivity index (χ3v) is 5.16. The van der Waals surface area contributed by atoms with Crippen LogP contribution >= 0.6 is 0 Å². The minimum absolute atomic E-state index is 0.144. The monoisotopic (exact) mass is 429 g/mol. The van der Waals surface area contributed by atoms with Crippen LogP contribution in [-0.4, -0.2) is 32.2 Å². The Bertz CT molecular complexity index is 1470. The van der Waals surface area contributed by atoms with Gasteiger partial charge in [0.15, 0.2) is 11.4 Å². The molecule has 0 aliphatic rings. The summed E-state index contributed by atoms with van der Waals surface area (Å²) in [6.45, 7) is 0.195. The molecule has 9 heteroatoms. The van der Waals surface area contributed by atoms with Crippen molar-refractivity contribution in [1.29, 1.82) is 0 Å². The molecule has 160 valence electrons. The number of aromatic nitrogens is 4. The molecule has 0 saturated heterocycles. The first-order valence-electron chi connectivity index (χ1n) is 9.95. The highest BCUT2D eigenvalue weighted by molar-refractivity contribution is 5.81. The van der Waals surface area contributed by atoms with Crippen LogP contribution in [0.1, 0.15) is 5.56 Å². The minimum atomic E-state index is -0.338. The Morgan fingerprint density at radius 3 is 2.72 bits per heavy atom. The molecule has 0 spiro atoms. The lowest BCUT2D eigenvalue weighted by Gasteiger charge is -2.11. The van der Waals surface area contributed by atoms with Crippen molar-refractivity contribution in [2.24, 2.45) is 0 Å².